The topological polar surface area (TPSA) is 47.4 Å². The Hall–Kier alpha value is -1.36. The largest absolute Gasteiger partial charge is 0.359 e. The highest BCUT2D eigenvalue weighted by Crippen LogP contribution is 2.27. The molecular formula is C9H11N3O2. The molecule has 0 radical (unpaired) electrons. The molecule has 0 spiro atoms. The molecule has 1 aromatic heterocycles. The van der Waals surface area contributed by atoms with Crippen LogP contribution in [0.5, 0.6) is 0 Å². The average molecular weight is 193 g/mol. The first-order chi connectivity index (χ1) is 6.75. The third kappa shape index (κ3) is 0.928. The van der Waals surface area contributed by atoms with Gasteiger partial charge in [0.1, 0.15) is 12.5 Å². The number of hydrogen-bond donors (Lipinski definition) is 0. The van der Waals surface area contributed by atoms with Crippen molar-refractivity contribution in [2.75, 3.05) is 18.2 Å². The summed E-state index contributed by atoms with van der Waals surface area (Å²) >= 11 is 0. The lowest BCUT2D eigenvalue weighted by atomic mass is 10.3. The number of nitrogens with zero attached hydrogens (tertiary/aromatic N) is 3. The highest BCUT2D eigenvalue weighted by atomic mass is 16.5. The van der Waals surface area contributed by atoms with Gasteiger partial charge in [-0.3, -0.25) is 4.57 Å². The van der Waals surface area contributed by atoms with E-state index in [1.807, 2.05) is 13.0 Å². The first-order valence-corrected chi connectivity index (χ1v) is 4.68. The Morgan fingerprint density at radius 3 is 3.36 bits per heavy atom. The maximum atomic E-state index is 11.5. The Balaban J connectivity index is 2.19. The summed E-state index contributed by atoms with van der Waals surface area (Å²) in [5.74, 6) is 0.949. The lowest BCUT2D eigenvalue weighted by Crippen LogP contribution is -2.26. The van der Waals surface area contributed by atoms with Gasteiger partial charge in [-0.1, -0.05) is 0 Å². The van der Waals surface area contributed by atoms with Gasteiger partial charge in [0.25, 0.3) is 0 Å². The summed E-state index contributed by atoms with van der Waals surface area (Å²) in [4.78, 5) is 17.6. The van der Waals surface area contributed by atoms with Gasteiger partial charge >= 0.3 is 5.69 Å². The van der Waals surface area contributed by atoms with E-state index in [0.29, 0.717) is 25.9 Å². The fourth-order valence-corrected chi connectivity index (χ4v) is 2.11. The molecule has 1 saturated heterocycles. The molecule has 0 N–H and O–H groups in total. The van der Waals surface area contributed by atoms with Gasteiger partial charge in [-0.05, 0) is 6.92 Å². The summed E-state index contributed by atoms with van der Waals surface area (Å²) in [5, 5.41) is 0. The second-order valence-corrected chi connectivity index (χ2v) is 3.77. The molecular weight excluding hydrogens is 182 g/mol. The van der Waals surface area contributed by atoms with Gasteiger partial charge in [-0.2, -0.15) is 4.98 Å². The van der Waals surface area contributed by atoms with E-state index in [2.05, 4.69) is 9.88 Å². The summed E-state index contributed by atoms with van der Waals surface area (Å²) < 4.78 is 7.06. The van der Waals surface area contributed by atoms with Crippen LogP contribution in [0.4, 0.5) is 5.82 Å². The summed E-state index contributed by atoms with van der Waals surface area (Å²) in [6, 6.07) is 2.27. The van der Waals surface area contributed by atoms with Crippen molar-refractivity contribution in [3.8, 4) is 0 Å². The third-order valence-electron chi connectivity index (χ3n) is 2.79. The fourth-order valence-electron chi connectivity index (χ4n) is 2.11. The number of ether oxygens (including phenoxy) is 1. The zero-order chi connectivity index (χ0) is 9.71. The van der Waals surface area contributed by atoms with Crippen LogP contribution in [-0.4, -0.2) is 28.9 Å². The molecule has 0 bridgehead atoms. The van der Waals surface area contributed by atoms with Crippen LogP contribution in [-0.2, 0) is 11.3 Å². The highest BCUT2D eigenvalue weighted by molar-refractivity contribution is 5.45. The normalized spacial score (nSPS) is 23.8. The second kappa shape index (κ2) is 2.57. The van der Waals surface area contributed by atoms with Gasteiger partial charge in [-0.25, -0.2) is 4.79 Å². The van der Waals surface area contributed by atoms with Crippen molar-refractivity contribution in [2.24, 2.45) is 0 Å². The molecule has 74 valence electrons. The number of hydrogen-bond acceptors (Lipinski definition) is 4. The minimum atomic E-state index is -0.144. The Kier molecular flexibility index (Phi) is 1.47. The van der Waals surface area contributed by atoms with E-state index in [0.717, 1.165) is 11.5 Å². The Bertz CT molecular complexity index is 440. The van der Waals surface area contributed by atoms with E-state index in [4.69, 9.17) is 4.74 Å². The monoisotopic (exact) mass is 193 g/mol. The van der Waals surface area contributed by atoms with Crippen LogP contribution in [0.3, 0.4) is 0 Å². The molecule has 3 heterocycles. The SMILES string of the molecule is Cc1cc2n(c(=O)n1)CC1COCN21. The molecule has 3 rings (SSSR count). The second-order valence-electron chi connectivity index (χ2n) is 3.77. The van der Waals surface area contributed by atoms with Gasteiger partial charge < -0.3 is 9.64 Å². The molecule has 1 atom stereocenters. The number of aromatic nitrogens is 2. The van der Waals surface area contributed by atoms with Crippen molar-refractivity contribution in [1.29, 1.82) is 0 Å². The minimum absolute atomic E-state index is 0.144. The van der Waals surface area contributed by atoms with Crippen LogP contribution in [0.1, 0.15) is 5.69 Å². The zero-order valence-corrected chi connectivity index (χ0v) is 7.93. The molecule has 2 aliphatic rings. The Morgan fingerprint density at radius 2 is 2.50 bits per heavy atom. The van der Waals surface area contributed by atoms with Gasteiger partial charge in [0, 0.05) is 11.8 Å². The van der Waals surface area contributed by atoms with Crippen LogP contribution in [0.25, 0.3) is 0 Å². The molecule has 14 heavy (non-hydrogen) atoms. The summed E-state index contributed by atoms with van der Waals surface area (Å²) in [6.45, 7) is 3.85. The summed E-state index contributed by atoms with van der Waals surface area (Å²) in [5.41, 5.74) is 0.628. The van der Waals surface area contributed by atoms with Crippen molar-refractivity contribution in [2.45, 2.75) is 19.5 Å². The maximum absolute atomic E-state index is 11.5. The number of aryl methyl sites for hydroxylation is 1. The third-order valence-corrected chi connectivity index (χ3v) is 2.79. The lowest BCUT2D eigenvalue weighted by Gasteiger charge is -2.14. The van der Waals surface area contributed by atoms with Crippen LogP contribution in [0, 0.1) is 6.92 Å². The molecule has 1 aromatic rings. The van der Waals surface area contributed by atoms with Crippen molar-refractivity contribution in [1.82, 2.24) is 9.55 Å². The predicted octanol–water partition coefficient (Wildman–Crippen LogP) is -0.272. The number of rotatable bonds is 0. The molecule has 2 aliphatic heterocycles. The van der Waals surface area contributed by atoms with Crippen LogP contribution >= 0.6 is 0 Å². The van der Waals surface area contributed by atoms with Crippen LogP contribution in [0.15, 0.2) is 10.9 Å². The van der Waals surface area contributed by atoms with Gasteiger partial charge in [0.2, 0.25) is 0 Å². The van der Waals surface area contributed by atoms with Gasteiger partial charge in [0.15, 0.2) is 0 Å². The van der Waals surface area contributed by atoms with Crippen LogP contribution in [0.2, 0.25) is 0 Å². The number of anilines is 1. The quantitative estimate of drug-likeness (QED) is 0.569. The molecule has 1 unspecified atom stereocenters. The average Bonchev–Trinajstić information content (AvgIpc) is 2.65. The van der Waals surface area contributed by atoms with Crippen molar-refractivity contribution < 1.29 is 4.74 Å². The summed E-state index contributed by atoms with van der Waals surface area (Å²) in [6.07, 6.45) is 0. The van der Waals surface area contributed by atoms with E-state index in [1.54, 1.807) is 4.57 Å². The van der Waals surface area contributed by atoms with Crippen LogP contribution < -0.4 is 10.6 Å². The molecule has 5 heteroatoms. The van der Waals surface area contributed by atoms with Gasteiger partial charge in [-0.15, -0.1) is 0 Å². The smallest absolute Gasteiger partial charge is 0.349 e. The molecule has 0 amide bonds. The number of fused-ring (bicyclic) bond motifs is 3. The molecule has 5 nitrogen and oxygen atoms in total. The van der Waals surface area contributed by atoms with E-state index < -0.39 is 0 Å². The van der Waals surface area contributed by atoms with Crippen molar-refractivity contribution in [3.63, 3.8) is 0 Å². The summed E-state index contributed by atoms with van der Waals surface area (Å²) in [7, 11) is 0. The van der Waals surface area contributed by atoms with E-state index in [1.165, 1.54) is 0 Å². The first-order valence-electron chi connectivity index (χ1n) is 4.68. The molecule has 0 aliphatic carbocycles. The Morgan fingerprint density at radius 1 is 1.64 bits per heavy atom. The standard InChI is InChI=1S/C9H11N3O2/c1-6-2-8-11(9(13)10-6)3-7-4-14-5-12(7)8/h2,7H,3-5H2,1H3. The predicted molar refractivity (Wildman–Crippen MR) is 50.3 cm³/mol. The Labute approximate surface area is 80.9 Å². The maximum Gasteiger partial charge on any atom is 0.349 e. The van der Waals surface area contributed by atoms with Crippen molar-refractivity contribution in [3.05, 3.63) is 22.2 Å². The highest BCUT2D eigenvalue weighted by Gasteiger charge is 2.34. The molecule has 1 fully saturated rings. The van der Waals surface area contributed by atoms with E-state index >= 15 is 0 Å². The van der Waals surface area contributed by atoms with Crippen molar-refractivity contribution >= 4 is 5.82 Å². The van der Waals surface area contributed by atoms with E-state index in [-0.39, 0.29) is 5.69 Å². The molecule has 0 saturated carbocycles. The fraction of sp³-hybridized carbons (Fsp3) is 0.556. The van der Waals surface area contributed by atoms with E-state index in [9.17, 15) is 4.79 Å². The molecule has 0 aromatic carbocycles. The first kappa shape index (κ1) is 7.99. The lowest BCUT2D eigenvalue weighted by molar-refractivity contribution is 0.189. The van der Waals surface area contributed by atoms with Gasteiger partial charge in [0.05, 0.1) is 19.2 Å². The minimum Gasteiger partial charge on any atom is -0.359 e. The zero-order valence-electron chi connectivity index (χ0n) is 7.93.